The van der Waals surface area contributed by atoms with Crippen LogP contribution in [-0.4, -0.2) is 14.3 Å². The number of halogens is 2. The molecular weight excluding hydrogens is 415 g/mol. The molecular formula is C21H18ClFN2O3S. The fourth-order valence-corrected chi connectivity index (χ4v) is 4.00. The Balaban J connectivity index is 1.85. The average Bonchev–Trinajstić information content (AvgIpc) is 2.66. The highest BCUT2D eigenvalue weighted by atomic mass is 35.5. The van der Waals surface area contributed by atoms with E-state index in [-0.39, 0.29) is 21.2 Å². The average molecular weight is 433 g/mol. The number of carbonyl (C=O) groups is 1. The molecule has 150 valence electrons. The molecule has 3 rings (SSSR count). The summed E-state index contributed by atoms with van der Waals surface area (Å²) in [5, 5.41) is 2.92. The number of sulfonamides is 1. The Morgan fingerprint density at radius 1 is 0.931 bits per heavy atom. The Bertz CT molecular complexity index is 1180. The summed E-state index contributed by atoms with van der Waals surface area (Å²) in [7, 11) is -4.00. The van der Waals surface area contributed by atoms with Gasteiger partial charge in [-0.2, -0.15) is 0 Å². The topological polar surface area (TPSA) is 75.3 Å². The summed E-state index contributed by atoms with van der Waals surface area (Å²) in [4.78, 5) is 12.5. The molecule has 0 heterocycles. The molecule has 29 heavy (non-hydrogen) atoms. The van der Waals surface area contributed by atoms with Crippen molar-refractivity contribution in [3.63, 3.8) is 0 Å². The van der Waals surface area contributed by atoms with E-state index in [1.54, 1.807) is 6.07 Å². The molecule has 0 aliphatic heterocycles. The first kappa shape index (κ1) is 20.8. The summed E-state index contributed by atoms with van der Waals surface area (Å²) in [5.74, 6) is -0.956. The van der Waals surface area contributed by atoms with Gasteiger partial charge in [0.25, 0.3) is 15.9 Å². The second-order valence-corrected chi connectivity index (χ2v) is 8.62. The highest BCUT2D eigenvalue weighted by Gasteiger charge is 2.18. The SMILES string of the molecule is Cc1ccc(NC(=O)c2ccc(Cl)c(NS(=O)(=O)c3ccc(F)cc3)c2)c(C)c1. The van der Waals surface area contributed by atoms with E-state index in [0.29, 0.717) is 5.69 Å². The predicted octanol–water partition coefficient (Wildman–Crippen LogP) is 5.15. The number of benzene rings is 3. The minimum Gasteiger partial charge on any atom is -0.322 e. The molecule has 1 amide bonds. The van der Waals surface area contributed by atoms with Gasteiger partial charge in [-0.3, -0.25) is 9.52 Å². The Labute approximate surface area is 173 Å². The van der Waals surface area contributed by atoms with Crippen LogP contribution in [0.3, 0.4) is 0 Å². The van der Waals surface area contributed by atoms with Gasteiger partial charge in [0.15, 0.2) is 0 Å². The second-order valence-electron chi connectivity index (χ2n) is 6.53. The van der Waals surface area contributed by atoms with Crippen LogP contribution in [-0.2, 0) is 10.0 Å². The van der Waals surface area contributed by atoms with E-state index >= 15 is 0 Å². The summed E-state index contributed by atoms with van der Waals surface area (Å²) in [6.45, 7) is 3.84. The lowest BCUT2D eigenvalue weighted by Gasteiger charge is -2.13. The van der Waals surface area contributed by atoms with Crippen LogP contribution in [0.1, 0.15) is 21.5 Å². The molecule has 3 aromatic rings. The highest BCUT2D eigenvalue weighted by molar-refractivity contribution is 7.92. The molecule has 0 aromatic heterocycles. The van der Waals surface area contributed by atoms with Crippen molar-refractivity contribution in [1.82, 2.24) is 0 Å². The van der Waals surface area contributed by atoms with Crippen LogP contribution in [0, 0.1) is 19.7 Å². The molecule has 0 saturated heterocycles. The standard InChI is InChI=1S/C21H18ClFN2O3S/c1-13-3-10-19(14(2)11-13)24-21(26)15-4-9-18(22)20(12-15)25-29(27,28)17-7-5-16(23)6-8-17/h3-12,25H,1-2H3,(H,24,26). The van der Waals surface area contributed by atoms with E-state index in [2.05, 4.69) is 10.0 Å². The van der Waals surface area contributed by atoms with E-state index in [1.807, 2.05) is 26.0 Å². The molecule has 0 spiro atoms. The maximum atomic E-state index is 13.1. The summed E-state index contributed by atoms with van der Waals surface area (Å²) in [6.07, 6.45) is 0. The molecule has 0 aliphatic carbocycles. The zero-order valence-electron chi connectivity index (χ0n) is 15.7. The van der Waals surface area contributed by atoms with Crippen LogP contribution >= 0.6 is 11.6 Å². The first-order valence-corrected chi connectivity index (χ1v) is 10.5. The van der Waals surface area contributed by atoms with Crippen molar-refractivity contribution in [2.75, 3.05) is 10.0 Å². The van der Waals surface area contributed by atoms with Crippen molar-refractivity contribution >= 4 is 38.9 Å². The van der Waals surface area contributed by atoms with E-state index in [1.165, 1.54) is 18.2 Å². The van der Waals surface area contributed by atoms with Crippen LogP contribution < -0.4 is 10.0 Å². The molecule has 8 heteroatoms. The Morgan fingerprint density at radius 2 is 1.62 bits per heavy atom. The van der Waals surface area contributed by atoms with Gasteiger partial charge in [0.2, 0.25) is 0 Å². The number of carbonyl (C=O) groups excluding carboxylic acids is 1. The van der Waals surface area contributed by atoms with Crippen molar-refractivity contribution in [2.45, 2.75) is 18.7 Å². The lowest BCUT2D eigenvalue weighted by atomic mass is 10.1. The third-order valence-electron chi connectivity index (χ3n) is 4.23. The maximum absolute atomic E-state index is 13.1. The molecule has 0 radical (unpaired) electrons. The lowest BCUT2D eigenvalue weighted by molar-refractivity contribution is 0.102. The van der Waals surface area contributed by atoms with Crippen LogP contribution in [0.2, 0.25) is 5.02 Å². The predicted molar refractivity (Wildman–Crippen MR) is 113 cm³/mol. The van der Waals surface area contributed by atoms with Gasteiger partial charge < -0.3 is 5.32 Å². The number of rotatable bonds is 5. The number of amides is 1. The summed E-state index contributed by atoms with van der Waals surface area (Å²) >= 11 is 6.10. The molecule has 0 aliphatic rings. The van der Waals surface area contributed by atoms with Gasteiger partial charge in [-0.05, 0) is 67.9 Å². The largest absolute Gasteiger partial charge is 0.322 e. The molecule has 5 nitrogen and oxygen atoms in total. The Kier molecular flexibility index (Phi) is 5.91. The van der Waals surface area contributed by atoms with E-state index in [9.17, 15) is 17.6 Å². The second kappa shape index (κ2) is 8.23. The van der Waals surface area contributed by atoms with Gasteiger partial charge in [-0.15, -0.1) is 0 Å². The van der Waals surface area contributed by atoms with Gasteiger partial charge in [0.05, 0.1) is 15.6 Å². The van der Waals surface area contributed by atoms with Crippen LogP contribution in [0.5, 0.6) is 0 Å². The number of nitrogens with one attached hydrogen (secondary N) is 2. The molecule has 0 bridgehead atoms. The maximum Gasteiger partial charge on any atom is 0.261 e. The molecule has 2 N–H and O–H groups in total. The van der Waals surface area contributed by atoms with E-state index < -0.39 is 21.7 Å². The van der Waals surface area contributed by atoms with E-state index in [4.69, 9.17) is 11.6 Å². The minimum atomic E-state index is -4.00. The fraction of sp³-hybridized carbons (Fsp3) is 0.0952. The fourth-order valence-electron chi connectivity index (χ4n) is 2.71. The van der Waals surface area contributed by atoms with Crippen molar-refractivity contribution in [3.8, 4) is 0 Å². The van der Waals surface area contributed by atoms with Crippen molar-refractivity contribution in [3.05, 3.63) is 88.2 Å². The van der Waals surface area contributed by atoms with Gasteiger partial charge in [-0.1, -0.05) is 29.3 Å². The van der Waals surface area contributed by atoms with Crippen molar-refractivity contribution < 1.29 is 17.6 Å². The van der Waals surface area contributed by atoms with E-state index in [0.717, 1.165) is 35.4 Å². The first-order chi connectivity index (χ1) is 13.7. The molecule has 0 atom stereocenters. The Hall–Kier alpha value is -2.90. The normalized spacial score (nSPS) is 11.2. The molecule has 0 unspecified atom stereocenters. The molecule has 0 saturated carbocycles. The van der Waals surface area contributed by atoms with Crippen LogP contribution in [0.15, 0.2) is 65.6 Å². The number of hydrogen-bond acceptors (Lipinski definition) is 3. The lowest BCUT2D eigenvalue weighted by Crippen LogP contribution is -2.16. The summed E-state index contributed by atoms with van der Waals surface area (Å²) < 4.78 is 40.4. The molecule has 0 fully saturated rings. The Morgan fingerprint density at radius 3 is 2.28 bits per heavy atom. The van der Waals surface area contributed by atoms with Gasteiger partial charge in [-0.25, -0.2) is 12.8 Å². The first-order valence-electron chi connectivity index (χ1n) is 8.62. The van der Waals surface area contributed by atoms with Gasteiger partial charge in [0, 0.05) is 11.3 Å². The minimum absolute atomic E-state index is 0.0456. The summed E-state index contributed by atoms with van der Waals surface area (Å²) in [5.41, 5.74) is 2.91. The van der Waals surface area contributed by atoms with Crippen molar-refractivity contribution in [2.24, 2.45) is 0 Å². The van der Waals surface area contributed by atoms with Gasteiger partial charge in [0.1, 0.15) is 5.82 Å². The quantitative estimate of drug-likeness (QED) is 0.585. The number of aryl methyl sites for hydroxylation is 2. The summed E-state index contributed by atoms with van der Waals surface area (Å²) in [6, 6.07) is 14.3. The number of anilines is 2. The zero-order chi connectivity index (χ0) is 21.2. The smallest absolute Gasteiger partial charge is 0.261 e. The number of hydrogen-bond donors (Lipinski definition) is 2. The van der Waals surface area contributed by atoms with Crippen LogP contribution in [0.25, 0.3) is 0 Å². The third kappa shape index (κ3) is 4.93. The highest BCUT2D eigenvalue weighted by Crippen LogP contribution is 2.27. The van der Waals surface area contributed by atoms with Crippen LogP contribution in [0.4, 0.5) is 15.8 Å². The van der Waals surface area contributed by atoms with Gasteiger partial charge >= 0.3 is 0 Å². The third-order valence-corrected chi connectivity index (χ3v) is 5.94. The molecule has 3 aromatic carbocycles. The zero-order valence-corrected chi connectivity index (χ0v) is 17.2. The monoisotopic (exact) mass is 432 g/mol. The van der Waals surface area contributed by atoms with Crippen molar-refractivity contribution in [1.29, 1.82) is 0 Å².